The highest BCUT2D eigenvalue weighted by molar-refractivity contribution is 5.84. The van der Waals surface area contributed by atoms with Gasteiger partial charge in [0.15, 0.2) is 0 Å². The van der Waals surface area contributed by atoms with Crippen LogP contribution in [0.15, 0.2) is 83.6 Å². The molecular formula is C38H42O6. The molecule has 2 unspecified atom stereocenters. The van der Waals surface area contributed by atoms with Crippen LogP contribution in [0.1, 0.15) is 75.3 Å². The second-order valence-corrected chi connectivity index (χ2v) is 12.7. The number of rotatable bonds is 6. The molecule has 7 rings (SSSR count). The van der Waals surface area contributed by atoms with Crippen LogP contribution < -0.4 is 18.9 Å². The number of hydrogen-bond donors (Lipinski definition) is 2. The van der Waals surface area contributed by atoms with E-state index in [0.29, 0.717) is 17.4 Å². The van der Waals surface area contributed by atoms with E-state index in [1.54, 1.807) is 14.2 Å². The van der Waals surface area contributed by atoms with Crippen LogP contribution in [-0.4, -0.2) is 30.5 Å². The van der Waals surface area contributed by atoms with Gasteiger partial charge in [-0.1, -0.05) is 44.6 Å². The third-order valence-electron chi connectivity index (χ3n) is 10.0. The fraction of sp³-hybridized carbons (Fsp3) is 0.421. The van der Waals surface area contributed by atoms with Gasteiger partial charge in [-0.3, -0.25) is 0 Å². The summed E-state index contributed by atoms with van der Waals surface area (Å²) < 4.78 is 23.8. The molecule has 2 N–H and O–H groups in total. The Bertz CT molecular complexity index is 1580. The van der Waals surface area contributed by atoms with Gasteiger partial charge < -0.3 is 29.2 Å². The number of allylic oxidation sites excluding steroid dienone is 6. The molecule has 0 bridgehead atoms. The third-order valence-corrected chi connectivity index (χ3v) is 10.0. The van der Waals surface area contributed by atoms with E-state index < -0.39 is 12.0 Å². The van der Waals surface area contributed by atoms with Crippen LogP contribution in [0.5, 0.6) is 23.0 Å². The maximum atomic E-state index is 11.4. The first-order chi connectivity index (χ1) is 21.5. The van der Waals surface area contributed by atoms with Crippen LogP contribution in [0.4, 0.5) is 0 Å². The van der Waals surface area contributed by atoms with Crippen molar-refractivity contribution in [3.8, 4) is 23.0 Å². The lowest BCUT2D eigenvalue weighted by Gasteiger charge is -2.34. The molecule has 6 heteroatoms. The average molecular weight is 595 g/mol. The van der Waals surface area contributed by atoms with Crippen molar-refractivity contribution < 1.29 is 29.2 Å². The van der Waals surface area contributed by atoms with Gasteiger partial charge in [-0.15, -0.1) is 0 Å². The molecule has 230 valence electrons. The van der Waals surface area contributed by atoms with E-state index in [4.69, 9.17) is 18.9 Å². The van der Waals surface area contributed by atoms with Crippen molar-refractivity contribution in [1.29, 1.82) is 0 Å². The maximum Gasteiger partial charge on any atom is 0.138 e. The van der Waals surface area contributed by atoms with E-state index in [9.17, 15) is 10.2 Å². The van der Waals surface area contributed by atoms with Crippen molar-refractivity contribution in [2.24, 2.45) is 17.8 Å². The highest BCUT2D eigenvalue weighted by atomic mass is 16.5. The number of methoxy groups -OCH3 is 2. The Morgan fingerprint density at radius 2 is 1.20 bits per heavy atom. The summed E-state index contributed by atoms with van der Waals surface area (Å²) >= 11 is 0. The summed E-state index contributed by atoms with van der Waals surface area (Å²) in [6, 6.07) is 11.7. The van der Waals surface area contributed by atoms with Crippen molar-refractivity contribution in [1.82, 2.24) is 0 Å². The highest BCUT2D eigenvalue weighted by Crippen LogP contribution is 2.46. The monoisotopic (exact) mass is 594 g/mol. The van der Waals surface area contributed by atoms with E-state index in [-0.39, 0.29) is 5.76 Å². The first-order valence-corrected chi connectivity index (χ1v) is 16.2. The molecule has 2 aromatic carbocycles. The quantitative estimate of drug-likeness (QED) is 0.348. The summed E-state index contributed by atoms with van der Waals surface area (Å²) in [5, 5.41) is 22.8. The van der Waals surface area contributed by atoms with E-state index >= 15 is 0 Å². The van der Waals surface area contributed by atoms with Crippen molar-refractivity contribution >= 4 is 11.1 Å². The molecule has 0 saturated heterocycles. The average Bonchev–Trinajstić information content (AvgIpc) is 3.09. The Morgan fingerprint density at radius 1 is 0.705 bits per heavy atom. The maximum absolute atomic E-state index is 11.4. The topological polar surface area (TPSA) is 77.4 Å². The molecule has 2 aliphatic heterocycles. The Labute approximate surface area is 260 Å². The molecule has 3 aliphatic carbocycles. The number of aliphatic hydroxyl groups excluding tert-OH is 2. The molecule has 5 aliphatic rings. The zero-order valence-corrected chi connectivity index (χ0v) is 25.7. The van der Waals surface area contributed by atoms with Crippen molar-refractivity contribution in [2.75, 3.05) is 14.2 Å². The SMILES string of the molecule is COc1ccc2c(c1)OC(C1CCCCC1)=C/C2=C\C1=C(O)C(/C=C2\C=C(C3CCCCC3)Oc3cc(OC)ccc32)C1O. The number of hydrogen-bond acceptors (Lipinski definition) is 6. The van der Waals surface area contributed by atoms with Crippen LogP contribution in [0, 0.1) is 17.8 Å². The van der Waals surface area contributed by atoms with Gasteiger partial charge in [-0.2, -0.15) is 0 Å². The van der Waals surface area contributed by atoms with Gasteiger partial charge in [0.05, 0.1) is 26.2 Å². The molecule has 2 atom stereocenters. The Hall–Kier alpha value is -3.90. The van der Waals surface area contributed by atoms with Crippen LogP contribution in [0.2, 0.25) is 0 Å². The molecule has 0 spiro atoms. The van der Waals surface area contributed by atoms with Crippen molar-refractivity contribution in [3.63, 3.8) is 0 Å². The minimum absolute atomic E-state index is 0.195. The van der Waals surface area contributed by atoms with Gasteiger partial charge >= 0.3 is 0 Å². The van der Waals surface area contributed by atoms with Crippen LogP contribution >= 0.6 is 0 Å². The van der Waals surface area contributed by atoms with Gasteiger partial charge in [-0.05, 0) is 79.3 Å². The molecule has 2 saturated carbocycles. The van der Waals surface area contributed by atoms with E-state index in [0.717, 1.165) is 82.5 Å². The van der Waals surface area contributed by atoms with Crippen molar-refractivity contribution in [2.45, 2.75) is 70.3 Å². The summed E-state index contributed by atoms with van der Waals surface area (Å²) in [5.74, 6) is 5.34. The number of ether oxygens (including phenoxy) is 4. The summed E-state index contributed by atoms with van der Waals surface area (Å²) in [6.45, 7) is 0. The first kappa shape index (κ1) is 28.8. The predicted octanol–water partition coefficient (Wildman–Crippen LogP) is 8.69. The Morgan fingerprint density at radius 3 is 1.70 bits per heavy atom. The van der Waals surface area contributed by atoms with Crippen LogP contribution in [0.3, 0.4) is 0 Å². The fourth-order valence-electron chi connectivity index (χ4n) is 7.40. The second kappa shape index (κ2) is 12.2. The first-order valence-electron chi connectivity index (χ1n) is 16.2. The smallest absolute Gasteiger partial charge is 0.138 e. The molecule has 0 aromatic heterocycles. The molecule has 0 radical (unpaired) electrons. The number of fused-ring (bicyclic) bond motifs is 2. The minimum Gasteiger partial charge on any atom is -0.511 e. The van der Waals surface area contributed by atoms with Crippen molar-refractivity contribution in [3.05, 3.63) is 94.7 Å². The van der Waals surface area contributed by atoms with E-state index in [2.05, 4.69) is 12.2 Å². The largest absolute Gasteiger partial charge is 0.511 e. The summed E-state index contributed by atoms with van der Waals surface area (Å²) in [5.41, 5.74) is 4.30. The summed E-state index contributed by atoms with van der Waals surface area (Å²) in [6.07, 6.45) is 19.1. The zero-order valence-electron chi connectivity index (χ0n) is 25.7. The normalized spacial score (nSPS) is 25.7. The van der Waals surface area contributed by atoms with Gasteiger partial charge in [0.2, 0.25) is 0 Å². The lowest BCUT2D eigenvalue weighted by Crippen LogP contribution is -2.34. The minimum atomic E-state index is -0.831. The molecule has 2 heterocycles. The number of benzene rings is 2. The Balaban J connectivity index is 1.24. The second-order valence-electron chi connectivity index (χ2n) is 12.7. The summed E-state index contributed by atoms with van der Waals surface area (Å²) in [7, 11) is 3.31. The van der Waals surface area contributed by atoms with Gasteiger partial charge in [0.25, 0.3) is 0 Å². The molecular weight excluding hydrogens is 552 g/mol. The molecule has 6 nitrogen and oxygen atoms in total. The highest BCUT2D eigenvalue weighted by Gasteiger charge is 2.39. The third kappa shape index (κ3) is 5.45. The molecule has 0 amide bonds. The fourth-order valence-corrected chi connectivity index (χ4v) is 7.40. The lowest BCUT2D eigenvalue weighted by atomic mass is 9.77. The standard InChI is InChI=1S/C38H42O6/c1-41-27-13-15-29-25(19-33(43-35(29)21-27)23-9-5-3-6-10-23)17-31-37(39)32(38(31)40)18-26-20-34(24-11-7-4-8-12-24)44-36-22-28(42-2)14-16-30(26)36/h13-24,31,37,39-40H,3-12H2,1-2H3/b25-17+,26-18+. The van der Waals surface area contributed by atoms with E-state index in [1.807, 2.05) is 48.6 Å². The van der Waals surface area contributed by atoms with Gasteiger partial charge in [0.1, 0.15) is 40.3 Å². The van der Waals surface area contributed by atoms with Crippen LogP contribution in [-0.2, 0) is 0 Å². The zero-order chi connectivity index (χ0) is 30.2. The Kier molecular flexibility index (Phi) is 8.02. The molecule has 2 fully saturated rings. The molecule has 2 aromatic rings. The predicted molar refractivity (Wildman–Crippen MR) is 172 cm³/mol. The van der Waals surface area contributed by atoms with E-state index in [1.165, 1.54) is 38.5 Å². The summed E-state index contributed by atoms with van der Waals surface area (Å²) in [4.78, 5) is 0. The molecule has 44 heavy (non-hydrogen) atoms. The van der Waals surface area contributed by atoms with Crippen LogP contribution in [0.25, 0.3) is 11.1 Å². The lowest BCUT2D eigenvalue weighted by molar-refractivity contribution is 0.113. The number of aliphatic hydroxyl groups is 2. The van der Waals surface area contributed by atoms with Gasteiger partial charge in [-0.25, -0.2) is 0 Å². The van der Waals surface area contributed by atoms with Gasteiger partial charge in [0, 0.05) is 40.7 Å².